The van der Waals surface area contributed by atoms with Gasteiger partial charge in [-0.1, -0.05) is 72.7 Å². The molecule has 4 aromatic rings. The summed E-state index contributed by atoms with van der Waals surface area (Å²) in [4.78, 5) is 41.4. The summed E-state index contributed by atoms with van der Waals surface area (Å²) in [5.41, 5.74) is 1.44. The van der Waals surface area contributed by atoms with Crippen molar-refractivity contribution in [2.45, 2.75) is 80.3 Å². The van der Waals surface area contributed by atoms with E-state index >= 15 is 0 Å². The number of hydrogen-bond acceptors (Lipinski definition) is 6. The Labute approximate surface area is 265 Å². The maximum absolute atomic E-state index is 14.2. The van der Waals surface area contributed by atoms with Gasteiger partial charge in [0.2, 0.25) is 17.8 Å². The summed E-state index contributed by atoms with van der Waals surface area (Å²) in [6, 6.07) is 16.1. The van der Waals surface area contributed by atoms with Crippen molar-refractivity contribution in [1.29, 1.82) is 0 Å². The number of benzene rings is 2. The predicted molar refractivity (Wildman–Crippen MR) is 180 cm³/mol. The molecule has 0 atom stereocenters. The minimum Gasteiger partial charge on any atom is -0.342 e. The van der Waals surface area contributed by atoms with Crippen molar-refractivity contribution in [3.05, 3.63) is 82.5 Å². The van der Waals surface area contributed by atoms with Crippen molar-refractivity contribution in [3.63, 3.8) is 0 Å². The zero-order chi connectivity index (χ0) is 32.7. The molecule has 8 nitrogen and oxygen atoms in total. The molecule has 0 amide bonds. The number of halogens is 1. The molecule has 3 heterocycles. The Bertz CT molecular complexity index is 1720. The Hall–Kier alpha value is -4.01. The highest BCUT2D eigenvalue weighted by Crippen LogP contribution is 2.47. The zero-order valence-electron chi connectivity index (χ0n) is 28.0. The molecule has 9 heteroatoms. The molecule has 0 aliphatic carbocycles. The summed E-state index contributed by atoms with van der Waals surface area (Å²) in [7, 11) is 1.93. The minimum atomic E-state index is -0.810. The number of nitrogens with zero attached hydrogens (tertiary/aromatic N) is 6. The van der Waals surface area contributed by atoms with Crippen molar-refractivity contribution in [2.75, 3.05) is 29.9 Å². The average molecular weight is 615 g/mol. The molecular weight excluding hydrogens is 567 g/mol. The number of piperidine rings is 1. The molecule has 5 rings (SSSR count). The molecule has 240 valence electrons. The second-order valence-corrected chi connectivity index (χ2v) is 14.9. The predicted octanol–water partition coefficient (Wildman–Crippen LogP) is 7.01. The smallest absolute Gasteiger partial charge is 0.261 e. The molecule has 0 bridgehead atoms. The van der Waals surface area contributed by atoms with Gasteiger partial charge in [0.25, 0.3) is 5.56 Å². The Morgan fingerprint density at radius 3 is 2.24 bits per heavy atom. The van der Waals surface area contributed by atoms with E-state index in [1.165, 1.54) is 29.0 Å². The summed E-state index contributed by atoms with van der Waals surface area (Å²) in [6.07, 6.45) is 3.92. The number of aromatic nitrogens is 4. The number of imidazole rings is 1. The molecule has 1 saturated heterocycles. The van der Waals surface area contributed by atoms with Gasteiger partial charge in [-0.15, -0.1) is 0 Å². The lowest BCUT2D eigenvalue weighted by Crippen LogP contribution is -2.50. The fourth-order valence-corrected chi connectivity index (χ4v) is 6.80. The molecule has 0 saturated carbocycles. The quantitative estimate of drug-likeness (QED) is 0.212. The number of hydrogen-bond donors (Lipinski definition) is 0. The Morgan fingerprint density at radius 2 is 1.60 bits per heavy atom. The van der Waals surface area contributed by atoms with Gasteiger partial charge < -0.3 is 14.4 Å². The molecule has 0 spiro atoms. The maximum atomic E-state index is 14.2. The van der Waals surface area contributed by atoms with Gasteiger partial charge in [-0.25, -0.2) is 18.9 Å². The van der Waals surface area contributed by atoms with Crippen LogP contribution in [0.5, 0.6) is 0 Å². The highest BCUT2D eigenvalue weighted by Gasteiger charge is 2.46. The summed E-state index contributed by atoms with van der Waals surface area (Å²) in [5.74, 6) is 0.782. The topological polar surface area (TPSA) is 76.3 Å². The van der Waals surface area contributed by atoms with Crippen LogP contribution in [-0.2, 0) is 6.54 Å². The van der Waals surface area contributed by atoms with Crippen molar-refractivity contribution in [2.24, 2.45) is 16.2 Å². The lowest BCUT2D eigenvalue weighted by atomic mass is 9.61. The first-order chi connectivity index (χ1) is 21.1. The Kier molecular flexibility index (Phi) is 8.68. The van der Waals surface area contributed by atoms with Gasteiger partial charge in [-0.3, -0.25) is 9.59 Å². The minimum absolute atomic E-state index is 0.0219. The van der Waals surface area contributed by atoms with Crippen molar-refractivity contribution >= 4 is 28.8 Å². The van der Waals surface area contributed by atoms with Crippen LogP contribution in [0.2, 0.25) is 0 Å². The van der Waals surface area contributed by atoms with Crippen molar-refractivity contribution in [3.8, 4) is 0 Å². The first-order valence-corrected chi connectivity index (χ1v) is 15.9. The van der Waals surface area contributed by atoms with Gasteiger partial charge in [0.1, 0.15) is 5.82 Å². The molecule has 0 unspecified atom stereocenters. The van der Waals surface area contributed by atoms with Gasteiger partial charge in [-0.2, -0.15) is 0 Å². The maximum Gasteiger partial charge on any atom is 0.261 e. The second-order valence-electron chi connectivity index (χ2n) is 14.9. The molecule has 0 N–H and O–H groups in total. The number of rotatable bonds is 8. The van der Waals surface area contributed by atoms with E-state index in [0.29, 0.717) is 12.5 Å². The third-order valence-corrected chi connectivity index (χ3v) is 9.73. The van der Waals surface area contributed by atoms with Crippen LogP contribution in [0.15, 0.2) is 65.6 Å². The third-order valence-electron chi connectivity index (χ3n) is 9.73. The highest BCUT2D eigenvalue weighted by molar-refractivity contribution is 5.87. The lowest BCUT2D eigenvalue weighted by Gasteiger charge is -2.44. The van der Waals surface area contributed by atoms with E-state index in [4.69, 9.17) is 4.98 Å². The monoisotopic (exact) mass is 614 g/mol. The highest BCUT2D eigenvalue weighted by atomic mass is 19.1. The number of fused-ring (bicyclic) bond motifs is 1. The van der Waals surface area contributed by atoms with Gasteiger partial charge in [0.05, 0.1) is 17.6 Å². The SMILES string of the molecule is CN(c1nccc(=O)n1C(=O)C(C)(C)C(C)(C)CC(C)(C)C)C1CCN(c2nc3ccccc3n2Cc2ccc(F)cc2)CC1. The van der Waals surface area contributed by atoms with E-state index in [1.54, 1.807) is 0 Å². The fraction of sp³-hybridized carbons (Fsp3) is 0.500. The number of carbonyl (C=O) groups is 1. The van der Waals surface area contributed by atoms with Crippen LogP contribution >= 0.6 is 0 Å². The Morgan fingerprint density at radius 1 is 0.956 bits per heavy atom. The van der Waals surface area contributed by atoms with Crippen LogP contribution in [-0.4, -0.2) is 51.2 Å². The van der Waals surface area contributed by atoms with Gasteiger partial charge in [0.15, 0.2) is 0 Å². The first kappa shape index (κ1) is 32.4. The Balaban J connectivity index is 1.38. The number of anilines is 2. The van der Waals surface area contributed by atoms with E-state index in [2.05, 4.69) is 55.1 Å². The number of para-hydroxylation sites is 2. The largest absolute Gasteiger partial charge is 0.342 e. The third kappa shape index (κ3) is 6.53. The van der Waals surface area contributed by atoms with E-state index in [9.17, 15) is 14.0 Å². The van der Waals surface area contributed by atoms with E-state index in [-0.39, 0.29) is 34.2 Å². The summed E-state index contributed by atoms with van der Waals surface area (Å²) < 4.78 is 17.1. The van der Waals surface area contributed by atoms with Crippen molar-refractivity contribution in [1.82, 2.24) is 19.1 Å². The standard InChI is InChI=1S/C36H47FN6O2/c1-34(2,3)24-35(4,5)36(6,7)31(45)43-30(44)17-20-38-32(43)40(8)27-18-21-41(22-19-27)33-39-28-11-9-10-12-29(28)42(33)23-25-13-15-26(37)16-14-25/h9-17,20,27H,18-19,21-24H2,1-8H3. The molecule has 1 fully saturated rings. The molecular formula is C36H47FN6O2. The summed E-state index contributed by atoms with van der Waals surface area (Å²) >= 11 is 0. The summed E-state index contributed by atoms with van der Waals surface area (Å²) in [6.45, 7) is 16.7. The normalized spacial score (nSPS) is 15.1. The molecule has 0 radical (unpaired) electrons. The van der Waals surface area contributed by atoms with E-state index < -0.39 is 5.41 Å². The first-order valence-electron chi connectivity index (χ1n) is 15.9. The fourth-order valence-electron chi connectivity index (χ4n) is 6.80. The number of carbonyl (C=O) groups excluding carboxylic acids is 1. The molecule has 1 aliphatic rings. The van der Waals surface area contributed by atoms with E-state index in [1.807, 2.05) is 56.1 Å². The molecule has 45 heavy (non-hydrogen) atoms. The van der Waals surface area contributed by atoms with Gasteiger partial charge in [-0.05, 0) is 59.9 Å². The summed E-state index contributed by atoms with van der Waals surface area (Å²) in [5, 5.41) is 0. The van der Waals surface area contributed by atoms with Crippen LogP contribution in [0.25, 0.3) is 11.0 Å². The van der Waals surface area contributed by atoms with Crippen LogP contribution in [0.4, 0.5) is 16.3 Å². The second kappa shape index (κ2) is 12.1. The van der Waals surface area contributed by atoms with Crippen LogP contribution in [0.1, 0.15) is 78.1 Å². The van der Waals surface area contributed by atoms with Gasteiger partial charge in [0, 0.05) is 43.9 Å². The van der Waals surface area contributed by atoms with Crippen LogP contribution in [0, 0.1) is 22.1 Å². The zero-order valence-corrected chi connectivity index (χ0v) is 28.0. The average Bonchev–Trinajstić information content (AvgIpc) is 3.34. The van der Waals surface area contributed by atoms with Crippen LogP contribution in [0.3, 0.4) is 0 Å². The molecule has 2 aromatic heterocycles. The van der Waals surface area contributed by atoms with Crippen LogP contribution < -0.4 is 15.4 Å². The lowest BCUT2D eigenvalue weighted by molar-refractivity contribution is 0.0329. The van der Waals surface area contributed by atoms with Gasteiger partial charge >= 0.3 is 0 Å². The van der Waals surface area contributed by atoms with E-state index in [0.717, 1.165) is 54.9 Å². The van der Waals surface area contributed by atoms with Crippen molar-refractivity contribution < 1.29 is 9.18 Å². The molecule has 2 aromatic carbocycles. The molecule has 1 aliphatic heterocycles.